The Bertz CT molecular complexity index is 1260. The summed E-state index contributed by atoms with van der Waals surface area (Å²) in [6.45, 7) is 4.67. The van der Waals surface area contributed by atoms with Crippen molar-refractivity contribution in [1.29, 1.82) is 0 Å². The van der Waals surface area contributed by atoms with Crippen LogP contribution in [0.15, 0.2) is 72.8 Å². The average molecular weight is 444 g/mol. The molecule has 0 amide bonds. The molecule has 0 radical (unpaired) electrons. The Balaban J connectivity index is 1.50. The first-order valence-corrected chi connectivity index (χ1v) is 11.5. The van der Waals surface area contributed by atoms with Gasteiger partial charge in [0.2, 0.25) is 0 Å². The second kappa shape index (κ2) is 8.75. The van der Waals surface area contributed by atoms with Gasteiger partial charge < -0.3 is 14.8 Å². The van der Waals surface area contributed by atoms with E-state index in [1.54, 1.807) is 12.1 Å². The zero-order valence-corrected chi connectivity index (χ0v) is 19.0. The van der Waals surface area contributed by atoms with Crippen molar-refractivity contribution in [3.8, 4) is 0 Å². The normalized spacial score (nSPS) is 13.6. The first kappa shape index (κ1) is 20.7. The zero-order chi connectivity index (χ0) is 22.1. The summed E-state index contributed by atoms with van der Waals surface area (Å²) in [5.74, 6) is -0.248. The van der Waals surface area contributed by atoms with E-state index >= 15 is 0 Å². The summed E-state index contributed by atoms with van der Waals surface area (Å²) in [5, 5.41) is 5.28. The van der Waals surface area contributed by atoms with E-state index in [0.29, 0.717) is 5.11 Å². The fraction of sp³-hybridized carbons (Fsp3) is 0.222. The van der Waals surface area contributed by atoms with Gasteiger partial charge >= 0.3 is 0 Å². The van der Waals surface area contributed by atoms with Crippen LogP contribution in [0.25, 0.3) is 10.9 Å². The molecule has 1 aliphatic rings. The topological polar surface area (TPSA) is 20.2 Å². The van der Waals surface area contributed by atoms with E-state index in [1.165, 1.54) is 45.4 Å². The van der Waals surface area contributed by atoms with Crippen molar-refractivity contribution in [3.63, 3.8) is 0 Å². The lowest BCUT2D eigenvalue weighted by Gasteiger charge is -2.24. The van der Waals surface area contributed by atoms with Gasteiger partial charge in [-0.3, -0.25) is 0 Å². The number of fused-ring (bicyclic) bond motifs is 3. The SMILES string of the molecule is Cc1ccc2c(c1)c1c(n2Cc2ccccc2)CCCN(C(=S)Nc2ccc(F)cc2)C1. The highest BCUT2D eigenvalue weighted by atomic mass is 32.1. The summed E-state index contributed by atoms with van der Waals surface area (Å²) in [4.78, 5) is 2.24. The van der Waals surface area contributed by atoms with Gasteiger partial charge in [-0.1, -0.05) is 42.0 Å². The van der Waals surface area contributed by atoms with Crippen LogP contribution in [-0.4, -0.2) is 21.1 Å². The smallest absolute Gasteiger partial charge is 0.173 e. The van der Waals surface area contributed by atoms with Crippen molar-refractivity contribution in [2.24, 2.45) is 0 Å². The molecule has 5 heteroatoms. The van der Waals surface area contributed by atoms with Gasteiger partial charge in [0, 0.05) is 47.5 Å². The number of hydrogen-bond acceptors (Lipinski definition) is 1. The summed E-state index contributed by atoms with van der Waals surface area (Å²) < 4.78 is 15.7. The number of anilines is 1. The van der Waals surface area contributed by atoms with Gasteiger partial charge in [0.15, 0.2) is 5.11 Å². The summed E-state index contributed by atoms with van der Waals surface area (Å²) in [6, 6.07) is 23.7. The molecule has 1 aromatic heterocycles. The molecule has 0 saturated carbocycles. The molecule has 0 unspecified atom stereocenters. The number of aryl methyl sites for hydroxylation is 1. The molecular weight excluding hydrogens is 417 g/mol. The predicted octanol–water partition coefficient (Wildman–Crippen LogP) is 6.28. The maximum absolute atomic E-state index is 13.3. The van der Waals surface area contributed by atoms with Crippen molar-refractivity contribution in [3.05, 3.63) is 101 Å². The van der Waals surface area contributed by atoms with E-state index in [4.69, 9.17) is 12.2 Å². The number of hydrogen-bond donors (Lipinski definition) is 1. The van der Waals surface area contributed by atoms with E-state index in [2.05, 4.69) is 70.2 Å². The van der Waals surface area contributed by atoms with Crippen molar-refractivity contribution in [1.82, 2.24) is 9.47 Å². The number of rotatable bonds is 3. The Morgan fingerprint density at radius 1 is 1.03 bits per heavy atom. The number of benzene rings is 3. The Labute approximate surface area is 193 Å². The minimum Gasteiger partial charge on any atom is -0.345 e. The zero-order valence-electron chi connectivity index (χ0n) is 18.1. The van der Waals surface area contributed by atoms with Crippen LogP contribution in [-0.2, 0) is 19.5 Å². The summed E-state index contributed by atoms with van der Waals surface area (Å²) in [7, 11) is 0. The van der Waals surface area contributed by atoms with Gasteiger partial charge in [0.1, 0.15) is 5.82 Å². The van der Waals surface area contributed by atoms with E-state index < -0.39 is 0 Å². The van der Waals surface area contributed by atoms with Crippen LogP contribution in [0.4, 0.5) is 10.1 Å². The molecule has 5 rings (SSSR count). The molecule has 32 heavy (non-hydrogen) atoms. The molecule has 0 bridgehead atoms. The predicted molar refractivity (Wildman–Crippen MR) is 134 cm³/mol. The van der Waals surface area contributed by atoms with Crippen LogP contribution in [0.2, 0.25) is 0 Å². The molecule has 4 aromatic rings. The Morgan fingerprint density at radius 2 is 1.81 bits per heavy atom. The Morgan fingerprint density at radius 3 is 2.59 bits per heavy atom. The van der Waals surface area contributed by atoms with Gasteiger partial charge in [-0.25, -0.2) is 4.39 Å². The number of nitrogens with zero attached hydrogens (tertiary/aromatic N) is 2. The van der Waals surface area contributed by atoms with E-state index in [-0.39, 0.29) is 5.82 Å². The second-order valence-electron chi connectivity index (χ2n) is 8.48. The van der Waals surface area contributed by atoms with Gasteiger partial charge in [0.25, 0.3) is 0 Å². The minimum atomic E-state index is -0.248. The maximum Gasteiger partial charge on any atom is 0.173 e. The van der Waals surface area contributed by atoms with Gasteiger partial charge in [0.05, 0.1) is 0 Å². The lowest BCUT2D eigenvalue weighted by atomic mass is 10.1. The molecule has 0 atom stereocenters. The molecule has 3 nitrogen and oxygen atoms in total. The lowest BCUT2D eigenvalue weighted by Crippen LogP contribution is -2.34. The third-order valence-corrected chi connectivity index (χ3v) is 6.56. The molecule has 1 N–H and O–H groups in total. The van der Waals surface area contributed by atoms with Crippen LogP contribution >= 0.6 is 12.2 Å². The first-order valence-electron chi connectivity index (χ1n) is 11.0. The first-order chi connectivity index (χ1) is 15.6. The number of nitrogens with one attached hydrogen (secondary N) is 1. The molecule has 3 aromatic carbocycles. The molecule has 162 valence electrons. The summed E-state index contributed by atoms with van der Waals surface area (Å²) in [5.41, 5.74) is 7.43. The fourth-order valence-electron chi connectivity index (χ4n) is 4.62. The lowest BCUT2D eigenvalue weighted by molar-refractivity contribution is 0.425. The molecule has 0 aliphatic carbocycles. The van der Waals surface area contributed by atoms with Gasteiger partial charge in [-0.15, -0.1) is 0 Å². The van der Waals surface area contributed by atoms with Crippen LogP contribution in [0, 0.1) is 12.7 Å². The van der Waals surface area contributed by atoms with Crippen LogP contribution in [0.5, 0.6) is 0 Å². The van der Waals surface area contributed by atoms with E-state index in [9.17, 15) is 4.39 Å². The third kappa shape index (κ3) is 4.13. The monoisotopic (exact) mass is 443 g/mol. The van der Waals surface area contributed by atoms with Crippen LogP contribution < -0.4 is 5.32 Å². The van der Waals surface area contributed by atoms with Crippen molar-refractivity contribution in [2.45, 2.75) is 32.9 Å². The molecule has 0 saturated heterocycles. The Hall–Kier alpha value is -3.18. The highest BCUT2D eigenvalue weighted by Gasteiger charge is 2.24. The highest BCUT2D eigenvalue weighted by Crippen LogP contribution is 2.32. The third-order valence-electron chi connectivity index (χ3n) is 6.20. The molecule has 2 heterocycles. The minimum absolute atomic E-state index is 0.248. The average Bonchev–Trinajstić information content (AvgIpc) is 2.94. The summed E-state index contributed by atoms with van der Waals surface area (Å²) in [6.07, 6.45) is 2.05. The largest absolute Gasteiger partial charge is 0.345 e. The quantitative estimate of drug-likeness (QED) is 0.376. The Kier molecular flexibility index (Phi) is 5.66. The molecule has 0 fully saturated rings. The number of aromatic nitrogens is 1. The molecular formula is C27H26FN3S. The van der Waals surface area contributed by atoms with Crippen molar-refractivity contribution < 1.29 is 4.39 Å². The molecule has 1 aliphatic heterocycles. The fourth-order valence-corrected chi connectivity index (χ4v) is 4.89. The van der Waals surface area contributed by atoms with E-state index in [0.717, 1.165) is 38.2 Å². The van der Waals surface area contributed by atoms with Gasteiger partial charge in [-0.2, -0.15) is 0 Å². The number of halogens is 1. The molecule has 0 spiro atoms. The van der Waals surface area contributed by atoms with Crippen LogP contribution in [0.3, 0.4) is 0 Å². The van der Waals surface area contributed by atoms with E-state index in [1.807, 2.05) is 0 Å². The maximum atomic E-state index is 13.3. The highest BCUT2D eigenvalue weighted by molar-refractivity contribution is 7.80. The summed E-state index contributed by atoms with van der Waals surface area (Å²) >= 11 is 5.75. The second-order valence-corrected chi connectivity index (χ2v) is 8.87. The standard InChI is InChI=1S/C27H26FN3S/c1-19-9-14-26-23(16-19)24-18-30(27(32)29-22-12-10-21(28)11-13-22)15-5-8-25(24)31(26)17-20-6-3-2-4-7-20/h2-4,6-7,9-14,16H,5,8,15,17-18H2,1H3,(H,29,32). The van der Waals surface area contributed by atoms with Crippen molar-refractivity contribution >= 4 is 33.9 Å². The van der Waals surface area contributed by atoms with Gasteiger partial charge in [-0.05, 0) is 73.9 Å². The van der Waals surface area contributed by atoms with Crippen LogP contribution in [0.1, 0.15) is 28.8 Å². The number of thiocarbonyl (C=S) groups is 1. The van der Waals surface area contributed by atoms with Crippen molar-refractivity contribution in [2.75, 3.05) is 11.9 Å².